The van der Waals surface area contributed by atoms with Crippen LogP contribution in [-0.4, -0.2) is 42.4 Å². The molecule has 2 unspecified atom stereocenters. The molecular weight excluding hydrogens is 240 g/mol. The van der Waals surface area contributed by atoms with Gasteiger partial charge in [0.05, 0.1) is 6.07 Å². The van der Waals surface area contributed by atoms with Crippen LogP contribution in [0.2, 0.25) is 0 Å². The fraction of sp³-hybridized carbons (Fsp3) is 0.833. The van der Waals surface area contributed by atoms with Gasteiger partial charge in [-0.05, 0) is 12.8 Å². The fourth-order valence-electron chi connectivity index (χ4n) is 2.70. The van der Waals surface area contributed by atoms with E-state index in [-0.39, 0.29) is 18.7 Å². The topological polar surface area (TPSA) is 56.1 Å². The van der Waals surface area contributed by atoms with E-state index in [0.717, 1.165) is 0 Å². The first kappa shape index (κ1) is 13.2. The molecule has 1 N–H and O–H groups in total. The second kappa shape index (κ2) is 5.19. The monoisotopic (exact) mass is 257 g/mol. The zero-order chi connectivity index (χ0) is 13.2. The van der Waals surface area contributed by atoms with Crippen LogP contribution >= 0.6 is 0 Å². The maximum atomic E-state index is 13.3. The first-order valence-corrected chi connectivity index (χ1v) is 6.32. The van der Waals surface area contributed by atoms with Crippen molar-refractivity contribution in [2.75, 3.05) is 19.6 Å². The largest absolute Gasteiger partial charge is 0.324 e. The van der Waals surface area contributed by atoms with E-state index in [1.807, 2.05) is 6.07 Å². The summed E-state index contributed by atoms with van der Waals surface area (Å²) in [5.41, 5.74) is 0. The average Bonchev–Trinajstić information content (AvgIpc) is 2.36. The lowest BCUT2D eigenvalue weighted by atomic mass is 9.85. The Morgan fingerprint density at radius 2 is 2.28 bits per heavy atom. The summed E-state index contributed by atoms with van der Waals surface area (Å²) < 4.78 is 26.6. The Morgan fingerprint density at radius 3 is 2.94 bits per heavy atom. The maximum absolute atomic E-state index is 13.3. The lowest BCUT2D eigenvalue weighted by Gasteiger charge is -2.37. The van der Waals surface area contributed by atoms with Crippen molar-refractivity contribution in [2.45, 2.75) is 37.6 Å². The molecule has 1 heterocycles. The molecule has 2 rings (SSSR count). The molecule has 0 aromatic heterocycles. The minimum atomic E-state index is -2.73. The lowest BCUT2D eigenvalue weighted by Crippen LogP contribution is -2.55. The molecule has 1 aliphatic heterocycles. The van der Waals surface area contributed by atoms with E-state index < -0.39 is 17.9 Å². The van der Waals surface area contributed by atoms with E-state index in [1.54, 1.807) is 0 Å². The molecule has 2 atom stereocenters. The number of carbonyl (C=O) groups is 1. The molecule has 2 aliphatic rings. The molecule has 2 fully saturated rings. The summed E-state index contributed by atoms with van der Waals surface area (Å²) in [5.74, 6) is -3.63. The summed E-state index contributed by atoms with van der Waals surface area (Å²) in [6, 6.07) is 1.52. The van der Waals surface area contributed by atoms with Gasteiger partial charge < -0.3 is 10.2 Å². The van der Waals surface area contributed by atoms with E-state index in [1.165, 1.54) is 4.90 Å². The molecule has 0 bridgehead atoms. The third kappa shape index (κ3) is 2.78. The van der Waals surface area contributed by atoms with Crippen molar-refractivity contribution in [3.63, 3.8) is 0 Å². The van der Waals surface area contributed by atoms with Crippen LogP contribution in [0, 0.1) is 17.2 Å². The van der Waals surface area contributed by atoms with Crippen LogP contribution in [0.25, 0.3) is 0 Å². The van der Waals surface area contributed by atoms with Gasteiger partial charge in [0.1, 0.15) is 6.04 Å². The van der Waals surface area contributed by atoms with Gasteiger partial charge in [0.2, 0.25) is 11.8 Å². The van der Waals surface area contributed by atoms with Crippen molar-refractivity contribution in [1.82, 2.24) is 10.2 Å². The van der Waals surface area contributed by atoms with Gasteiger partial charge in [-0.2, -0.15) is 5.26 Å². The molecule has 0 radical (unpaired) electrons. The van der Waals surface area contributed by atoms with Crippen molar-refractivity contribution in [2.24, 2.45) is 5.92 Å². The first-order chi connectivity index (χ1) is 8.53. The Bertz CT molecular complexity index is 367. The number of rotatable bonds is 1. The van der Waals surface area contributed by atoms with Crippen molar-refractivity contribution >= 4 is 5.91 Å². The van der Waals surface area contributed by atoms with E-state index in [4.69, 9.17) is 5.26 Å². The van der Waals surface area contributed by atoms with Gasteiger partial charge in [0, 0.05) is 38.4 Å². The van der Waals surface area contributed by atoms with Gasteiger partial charge in [0.25, 0.3) is 0 Å². The summed E-state index contributed by atoms with van der Waals surface area (Å²) >= 11 is 0. The van der Waals surface area contributed by atoms with Gasteiger partial charge in [-0.15, -0.1) is 0 Å². The highest BCUT2D eigenvalue weighted by atomic mass is 19.3. The van der Waals surface area contributed by atoms with Crippen molar-refractivity contribution in [3.05, 3.63) is 0 Å². The summed E-state index contributed by atoms with van der Waals surface area (Å²) in [6.07, 6.45) is 0.400. The predicted octanol–water partition coefficient (Wildman–Crippen LogP) is 1.14. The zero-order valence-corrected chi connectivity index (χ0v) is 10.2. The zero-order valence-electron chi connectivity index (χ0n) is 10.2. The molecule has 4 nitrogen and oxygen atoms in total. The number of hydrogen-bond donors (Lipinski definition) is 1. The van der Waals surface area contributed by atoms with E-state index >= 15 is 0 Å². The van der Waals surface area contributed by atoms with Crippen molar-refractivity contribution in [3.8, 4) is 6.07 Å². The normalized spacial score (nSPS) is 31.7. The van der Waals surface area contributed by atoms with Crippen LogP contribution < -0.4 is 5.32 Å². The number of alkyl halides is 2. The van der Waals surface area contributed by atoms with Crippen LogP contribution in [0.15, 0.2) is 0 Å². The molecule has 6 heteroatoms. The third-order valence-electron chi connectivity index (χ3n) is 3.66. The molecule has 0 spiro atoms. The number of hydrogen-bond acceptors (Lipinski definition) is 3. The number of nitrogens with zero attached hydrogens (tertiary/aromatic N) is 2. The molecule has 1 saturated carbocycles. The van der Waals surface area contributed by atoms with Crippen molar-refractivity contribution < 1.29 is 13.6 Å². The Kier molecular flexibility index (Phi) is 3.81. The summed E-state index contributed by atoms with van der Waals surface area (Å²) in [4.78, 5) is 13.7. The fourth-order valence-corrected chi connectivity index (χ4v) is 2.70. The molecule has 18 heavy (non-hydrogen) atoms. The third-order valence-corrected chi connectivity index (χ3v) is 3.66. The first-order valence-electron chi connectivity index (χ1n) is 6.32. The van der Waals surface area contributed by atoms with Crippen LogP contribution in [0.4, 0.5) is 8.78 Å². The summed E-state index contributed by atoms with van der Waals surface area (Å²) in [7, 11) is 0. The standard InChI is InChI=1S/C12H17F2N3O/c13-12(14)3-1-2-9(6-12)11(18)17-5-4-16-8-10(17)7-15/h9-10,16H,1-6,8H2. The Hall–Kier alpha value is -1.22. The SMILES string of the molecule is N#CC1CNCCN1C(=O)C1CCCC(F)(F)C1. The minimum absolute atomic E-state index is 0.125. The lowest BCUT2D eigenvalue weighted by molar-refractivity contribution is -0.144. The van der Waals surface area contributed by atoms with Crippen LogP contribution in [-0.2, 0) is 4.79 Å². The van der Waals surface area contributed by atoms with Crippen LogP contribution in [0.5, 0.6) is 0 Å². The Morgan fingerprint density at radius 1 is 1.50 bits per heavy atom. The number of halogens is 2. The number of amides is 1. The Labute approximate surface area is 105 Å². The van der Waals surface area contributed by atoms with Gasteiger partial charge in [-0.25, -0.2) is 8.78 Å². The van der Waals surface area contributed by atoms with Gasteiger partial charge in [0.15, 0.2) is 0 Å². The molecule has 0 aromatic carbocycles. The van der Waals surface area contributed by atoms with E-state index in [2.05, 4.69) is 5.32 Å². The molecule has 1 aliphatic carbocycles. The molecule has 0 aromatic rings. The molecule has 100 valence electrons. The maximum Gasteiger partial charge on any atom is 0.248 e. The number of nitriles is 1. The van der Waals surface area contributed by atoms with Gasteiger partial charge in [-0.3, -0.25) is 4.79 Å². The van der Waals surface area contributed by atoms with E-state index in [0.29, 0.717) is 32.5 Å². The number of nitrogens with one attached hydrogen (secondary N) is 1. The van der Waals surface area contributed by atoms with Gasteiger partial charge >= 0.3 is 0 Å². The highest BCUT2D eigenvalue weighted by molar-refractivity contribution is 5.80. The van der Waals surface area contributed by atoms with Crippen LogP contribution in [0.1, 0.15) is 25.7 Å². The van der Waals surface area contributed by atoms with Crippen LogP contribution in [0.3, 0.4) is 0 Å². The van der Waals surface area contributed by atoms with Gasteiger partial charge in [-0.1, -0.05) is 0 Å². The second-order valence-electron chi connectivity index (χ2n) is 5.03. The number of carbonyl (C=O) groups excluding carboxylic acids is 1. The molecular formula is C12H17F2N3O. The molecule has 1 amide bonds. The summed E-state index contributed by atoms with van der Waals surface area (Å²) in [6.45, 7) is 1.47. The second-order valence-corrected chi connectivity index (χ2v) is 5.03. The Balaban J connectivity index is 2.04. The van der Waals surface area contributed by atoms with Crippen molar-refractivity contribution in [1.29, 1.82) is 5.26 Å². The van der Waals surface area contributed by atoms with E-state index in [9.17, 15) is 13.6 Å². The quantitative estimate of drug-likeness (QED) is 0.766. The highest BCUT2D eigenvalue weighted by Gasteiger charge is 2.41. The smallest absolute Gasteiger partial charge is 0.248 e. The number of piperazine rings is 1. The predicted molar refractivity (Wildman–Crippen MR) is 60.9 cm³/mol. The summed E-state index contributed by atoms with van der Waals surface area (Å²) in [5, 5.41) is 12.0. The molecule has 1 saturated heterocycles. The highest BCUT2D eigenvalue weighted by Crippen LogP contribution is 2.37. The minimum Gasteiger partial charge on any atom is -0.324 e. The average molecular weight is 257 g/mol.